The first-order chi connectivity index (χ1) is 9.72. The van der Waals surface area contributed by atoms with Crippen molar-refractivity contribution in [1.29, 1.82) is 0 Å². The molecule has 2 N–H and O–H groups in total. The highest BCUT2D eigenvalue weighted by atomic mass is 16.1. The maximum absolute atomic E-state index is 11.9. The predicted molar refractivity (Wildman–Crippen MR) is 83.3 cm³/mol. The van der Waals surface area contributed by atoms with E-state index in [1.807, 2.05) is 19.1 Å². The van der Waals surface area contributed by atoms with Gasteiger partial charge in [0.25, 0.3) is 5.91 Å². The molecular formula is C15H26N4O. The lowest BCUT2D eigenvalue weighted by molar-refractivity contribution is 0.0953. The van der Waals surface area contributed by atoms with Crippen LogP contribution in [0.5, 0.6) is 0 Å². The average Bonchev–Trinajstić information content (AvgIpc) is 2.49. The molecule has 0 aromatic carbocycles. The van der Waals surface area contributed by atoms with Crippen molar-refractivity contribution in [3.63, 3.8) is 0 Å². The monoisotopic (exact) mass is 278 g/mol. The van der Waals surface area contributed by atoms with Gasteiger partial charge in [0.05, 0.1) is 5.56 Å². The molecule has 0 spiro atoms. The summed E-state index contributed by atoms with van der Waals surface area (Å²) in [5, 5.41) is 6.03. The average molecular weight is 278 g/mol. The fourth-order valence-electron chi connectivity index (χ4n) is 1.96. The van der Waals surface area contributed by atoms with E-state index in [9.17, 15) is 4.79 Å². The van der Waals surface area contributed by atoms with Gasteiger partial charge in [0.15, 0.2) is 0 Å². The number of rotatable bonds is 9. The van der Waals surface area contributed by atoms with Crippen molar-refractivity contribution >= 4 is 11.7 Å². The molecule has 1 aromatic rings. The Morgan fingerprint density at radius 2 is 2.05 bits per heavy atom. The summed E-state index contributed by atoms with van der Waals surface area (Å²) in [7, 11) is 0. The van der Waals surface area contributed by atoms with Gasteiger partial charge in [0.1, 0.15) is 5.82 Å². The Bertz CT molecular complexity index is 391. The Labute approximate surface area is 121 Å². The van der Waals surface area contributed by atoms with Gasteiger partial charge in [-0.2, -0.15) is 0 Å². The van der Waals surface area contributed by atoms with Crippen molar-refractivity contribution in [2.24, 2.45) is 0 Å². The molecule has 1 rings (SSSR count). The molecule has 0 unspecified atom stereocenters. The van der Waals surface area contributed by atoms with Gasteiger partial charge in [-0.3, -0.25) is 4.79 Å². The van der Waals surface area contributed by atoms with Crippen LogP contribution in [0.2, 0.25) is 0 Å². The largest absolute Gasteiger partial charge is 0.357 e. The van der Waals surface area contributed by atoms with E-state index in [1.165, 1.54) is 0 Å². The molecule has 5 heteroatoms. The van der Waals surface area contributed by atoms with Gasteiger partial charge < -0.3 is 15.5 Å². The summed E-state index contributed by atoms with van der Waals surface area (Å²) < 4.78 is 0. The van der Waals surface area contributed by atoms with Crippen LogP contribution in [0.15, 0.2) is 18.3 Å². The van der Waals surface area contributed by atoms with Gasteiger partial charge in [-0.15, -0.1) is 0 Å². The molecule has 112 valence electrons. The number of likely N-dealkylation sites (N-methyl/N-ethyl adjacent to an activating group) is 1. The van der Waals surface area contributed by atoms with Crippen molar-refractivity contribution < 1.29 is 4.79 Å². The van der Waals surface area contributed by atoms with E-state index in [0.29, 0.717) is 12.1 Å². The second-order valence-electron chi connectivity index (χ2n) is 4.59. The number of nitrogens with zero attached hydrogens (tertiary/aromatic N) is 2. The lowest BCUT2D eigenvalue weighted by Gasteiger charge is -2.21. The van der Waals surface area contributed by atoms with Gasteiger partial charge in [-0.25, -0.2) is 4.98 Å². The number of carbonyl (C=O) groups excluding carboxylic acids is 1. The van der Waals surface area contributed by atoms with E-state index in [2.05, 4.69) is 34.4 Å². The van der Waals surface area contributed by atoms with Crippen LogP contribution in [0.25, 0.3) is 0 Å². The van der Waals surface area contributed by atoms with Gasteiger partial charge >= 0.3 is 0 Å². The molecule has 0 saturated carbocycles. The van der Waals surface area contributed by atoms with Crippen LogP contribution in [-0.4, -0.2) is 43.6 Å². The van der Waals surface area contributed by atoms with Crippen LogP contribution < -0.4 is 15.5 Å². The number of aromatic nitrogens is 1. The SMILES string of the molecule is CCCN(CC)c1ccc(C(=O)NCCNCC)cn1. The van der Waals surface area contributed by atoms with Crippen LogP contribution in [0, 0.1) is 0 Å². The van der Waals surface area contributed by atoms with Gasteiger partial charge in [0, 0.05) is 32.4 Å². The summed E-state index contributed by atoms with van der Waals surface area (Å²) >= 11 is 0. The Hall–Kier alpha value is -1.62. The topological polar surface area (TPSA) is 57.3 Å². The second-order valence-corrected chi connectivity index (χ2v) is 4.59. The van der Waals surface area contributed by atoms with Crippen LogP contribution in [-0.2, 0) is 0 Å². The fraction of sp³-hybridized carbons (Fsp3) is 0.600. The van der Waals surface area contributed by atoms with Gasteiger partial charge in [0.2, 0.25) is 0 Å². The van der Waals surface area contributed by atoms with Crippen LogP contribution in [0.4, 0.5) is 5.82 Å². The zero-order valence-corrected chi connectivity index (χ0v) is 12.8. The number of nitrogens with one attached hydrogen (secondary N) is 2. The Kier molecular flexibility index (Phi) is 7.65. The molecule has 0 bridgehead atoms. The molecule has 1 amide bonds. The Morgan fingerprint density at radius 3 is 2.60 bits per heavy atom. The fourth-order valence-corrected chi connectivity index (χ4v) is 1.96. The zero-order valence-electron chi connectivity index (χ0n) is 12.8. The number of carbonyl (C=O) groups is 1. The molecule has 0 atom stereocenters. The third kappa shape index (κ3) is 5.17. The highest BCUT2D eigenvalue weighted by Crippen LogP contribution is 2.11. The summed E-state index contributed by atoms with van der Waals surface area (Å²) in [6.45, 7) is 10.5. The molecular weight excluding hydrogens is 252 g/mol. The van der Waals surface area contributed by atoms with E-state index >= 15 is 0 Å². The first-order valence-electron chi connectivity index (χ1n) is 7.42. The summed E-state index contributed by atoms with van der Waals surface area (Å²) in [5.41, 5.74) is 0.609. The van der Waals surface area contributed by atoms with Crippen molar-refractivity contribution in [3.8, 4) is 0 Å². The van der Waals surface area contributed by atoms with Crippen molar-refractivity contribution in [1.82, 2.24) is 15.6 Å². The Balaban J connectivity index is 2.54. The normalized spacial score (nSPS) is 10.3. The lowest BCUT2D eigenvalue weighted by Crippen LogP contribution is -2.32. The summed E-state index contributed by atoms with van der Waals surface area (Å²) in [5.74, 6) is 0.860. The summed E-state index contributed by atoms with van der Waals surface area (Å²) in [6, 6.07) is 3.75. The third-order valence-corrected chi connectivity index (χ3v) is 3.05. The molecule has 0 radical (unpaired) electrons. The van der Waals surface area contributed by atoms with E-state index in [1.54, 1.807) is 6.20 Å². The minimum atomic E-state index is -0.0690. The number of anilines is 1. The first kappa shape index (κ1) is 16.4. The smallest absolute Gasteiger partial charge is 0.252 e. The van der Waals surface area contributed by atoms with E-state index < -0.39 is 0 Å². The molecule has 0 aliphatic heterocycles. The van der Waals surface area contributed by atoms with Crippen molar-refractivity contribution in [3.05, 3.63) is 23.9 Å². The minimum absolute atomic E-state index is 0.0690. The predicted octanol–water partition coefficient (Wildman–Crippen LogP) is 1.66. The molecule has 0 aliphatic rings. The Morgan fingerprint density at radius 1 is 1.25 bits per heavy atom. The molecule has 1 aromatic heterocycles. The maximum atomic E-state index is 11.9. The molecule has 0 saturated heterocycles. The van der Waals surface area contributed by atoms with Crippen LogP contribution >= 0.6 is 0 Å². The van der Waals surface area contributed by atoms with Crippen LogP contribution in [0.3, 0.4) is 0 Å². The highest BCUT2D eigenvalue weighted by Gasteiger charge is 2.08. The molecule has 0 fully saturated rings. The van der Waals surface area contributed by atoms with E-state index in [-0.39, 0.29) is 5.91 Å². The highest BCUT2D eigenvalue weighted by molar-refractivity contribution is 5.94. The van der Waals surface area contributed by atoms with Crippen molar-refractivity contribution in [2.45, 2.75) is 27.2 Å². The van der Waals surface area contributed by atoms with Gasteiger partial charge in [-0.1, -0.05) is 13.8 Å². The number of amides is 1. The van der Waals surface area contributed by atoms with E-state index in [0.717, 1.165) is 38.4 Å². The first-order valence-corrected chi connectivity index (χ1v) is 7.42. The number of hydrogen-bond acceptors (Lipinski definition) is 4. The quantitative estimate of drug-likeness (QED) is 0.675. The minimum Gasteiger partial charge on any atom is -0.357 e. The lowest BCUT2D eigenvalue weighted by atomic mass is 10.2. The van der Waals surface area contributed by atoms with Gasteiger partial charge in [-0.05, 0) is 32.0 Å². The number of hydrogen-bond donors (Lipinski definition) is 2. The molecule has 1 heterocycles. The maximum Gasteiger partial charge on any atom is 0.252 e. The third-order valence-electron chi connectivity index (χ3n) is 3.05. The van der Waals surface area contributed by atoms with Crippen molar-refractivity contribution in [2.75, 3.05) is 37.6 Å². The zero-order chi connectivity index (χ0) is 14.8. The van der Waals surface area contributed by atoms with E-state index in [4.69, 9.17) is 0 Å². The molecule has 0 aliphatic carbocycles. The molecule has 5 nitrogen and oxygen atoms in total. The standard InChI is InChI=1S/C15H26N4O/c1-4-11-19(6-3)14-8-7-13(12-18-14)15(20)17-10-9-16-5-2/h7-8,12,16H,4-6,9-11H2,1-3H3,(H,17,20). The summed E-state index contributed by atoms with van der Waals surface area (Å²) in [4.78, 5) is 18.5. The summed E-state index contributed by atoms with van der Waals surface area (Å²) in [6.07, 6.45) is 2.73. The molecule has 20 heavy (non-hydrogen) atoms. The van der Waals surface area contributed by atoms with Crippen LogP contribution in [0.1, 0.15) is 37.6 Å². The number of pyridine rings is 1. The second kappa shape index (κ2) is 9.31.